The van der Waals surface area contributed by atoms with Crippen molar-refractivity contribution in [3.63, 3.8) is 0 Å². The van der Waals surface area contributed by atoms with E-state index in [0.29, 0.717) is 11.3 Å². The quantitative estimate of drug-likeness (QED) is 0.420. The van der Waals surface area contributed by atoms with Crippen molar-refractivity contribution in [3.8, 4) is 0 Å². The van der Waals surface area contributed by atoms with Gasteiger partial charge in [-0.25, -0.2) is 8.78 Å². The van der Waals surface area contributed by atoms with E-state index in [4.69, 9.17) is 0 Å². The number of hydrogen-bond acceptors (Lipinski definition) is 4. The lowest BCUT2D eigenvalue weighted by molar-refractivity contribution is -0.137. The zero-order valence-electron chi connectivity index (χ0n) is 22.4. The smallest absolute Gasteiger partial charge is 0.363 e. The summed E-state index contributed by atoms with van der Waals surface area (Å²) in [7, 11) is 1.42. The minimum atomic E-state index is -4.51. The number of carbonyl (C=O) groups is 3. The third kappa shape index (κ3) is 6.64. The number of alkyl halides is 3. The Labute approximate surface area is 232 Å². The highest BCUT2D eigenvalue weighted by atomic mass is 19.4. The SMILES string of the molecule is CN1C(=O)[C@H](NC(=O)C(C)(C)NC(=O)c2ccc(F)cc2)CN(Cc2ccc(C(F)(F)F)cc2)c2ccc(F)cc21. The minimum absolute atomic E-state index is 0.0506. The van der Waals surface area contributed by atoms with Gasteiger partial charge in [-0.1, -0.05) is 12.1 Å². The monoisotopic (exact) mass is 574 g/mol. The van der Waals surface area contributed by atoms with Gasteiger partial charge < -0.3 is 20.4 Å². The topological polar surface area (TPSA) is 81.8 Å². The summed E-state index contributed by atoms with van der Waals surface area (Å²) in [4.78, 5) is 42.2. The van der Waals surface area contributed by atoms with E-state index >= 15 is 0 Å². The predicted molar refractivity (Wildman–Crippen MR) is 142 cm³/mol. The van der Waals surface area contributed by atoms with Gasteiger partial charge in [0.25, 0.3) is 11.8 Å². The highest BCUT2D eigenvalue weighted by molar-refractivity contribution is 6.04. The summed E-state index contributed by atoms with van der Waals surface area (Å²) in [6.45, 7) is 2.81. The van der Waals surface area contributed by atoms with Crippen molar-refractivity contribution in [2.24, 2.45) is 0 Å². The lowest BCUT2D eigenvalue weighted by atomic mass is 10.0. The maximum atomic E-state index is 14.2. The van der Waals surface area contributed by atoms with E-state index in [9.17, 15) is 36.3 Å². The molecule has 1 aliphatic rings. The van der Waals surface area contributed by atoms with Crippen molar-refractivity contribution in [2.45, 2.75) is 38.1 Å². The summed E-state index contributed by atoms with van der Waals surface area (Å²) in [6, 6.07) is 11.9. The number of carbonyl (C=O) groups excluding carboxylic acids is 3. The Kier molecular flexibility index (Phi) is 8.05. The number of fused-ring (bicyclic) bond motifs is 1. The molecule has 1 atom stereocenters. The predicted octanol–water partition coefficient (Wildman–Crippen LogP) is 4.66. The normalized spacial score (nSPS) is 15.7. The van der Waals surface area contributed by atoms with Crippen LogP contribution in [-0.2, 0) is 22.3 Å². The summed E-state index contributed by atoms with van der Waals surface area (Å²) in [5, 5.41) is 5.21. The molecular weight excluding hydrogens is 547 g/mol. The highest BCUT2D eigenvalue weighted by Gasteiger charge is 2.38. The number of nitrogens with one attached hydrogen (secondary N) is 2. The number of nitrogens with zero attached hydrogens (tertiary/aromatic N) is 2. The molecule has 7 nitrogen and oxygen atoms in total. The van der Waals surface area contributed by atoms with Crippen LogP contribution >= 0.6 is 0 Å². The Morgan fingerprint density at radius 2 is 1.51 bits per heavy atom. The second-order valence-corrected chi connectivity index (χ2v) is 10.2. The number of hydrogen-bond donors (Lipinski definition) is 2. The van der Waals surface area contributed by atoms with Crippen molar-refractivity contribution < 1.29 is 36.3 Å². The molecule has 4 rings (SSSR count). The first-order valence-corrected chi connectivity index (χ1v) is 12.5. The fourth-order valence-electron chi connectivity index (χ4n) is 4.41. The Morgan fingerprint density at radius 1 is 0.902 bits per heavy atom. The number of benzene rings is 3. The van der Waals surface area contributed by atoms with E-state index in [0.717, 1.165) is 30.3 Å². The van der Waals surface area contributed by atoms with E-state index in [1.54, 1.807) is 4.90 Å². The van der Waals surface area contributed by atoms with Crippen molar-refractivity contribution >= 4 is 29.1 Å². The number of rotatable bonds is 6. The largest absolute Gasteiger partial charge is 0.416 e. The summed E-state index contributed by atoms with van der Waals surface area (Å²) >= 11 is 0. The molecule has 0 saturated heterocycles. The van der Waals surface area contributed by atoms with Crippen LogP contribution in [0.5, 0.6) is 0 Å². The Morgan fingerprint density at radius 3 is 2.12 bits per heavy atom. The van der Waals surface area contributed by atoms with Gasteiger partial charge in [-0.05, 0) is 74.0 Å². The maximum Gasteiger partial charge on any atom is 0.416 e. The fourth-order valence-corrected chi connectivity index (χ4v) is 4.41. The van der Waals surface area contributed by atoms with Crippen LogP contribution in [0.25, 0.3) is 0 Å². The Balaban J connectivity index is 1.58. The average Bonchev–Trinajstić information content (AvgIpc) is 2.99. The molecule has 2 N–H and O–H groups in total. The summed E-state index contributed by atoms with van der Waals surface area (Å²) in [6.07, 6.45) is -4.51. The zero-order valence-corrected chi connectivity index (χ0v) is 22.4. The number of halogens is 5. The molecule has 1 aliphatic heterocycles. The molecule has 3 amide bonds. The van der Waals surface area contributed by atoms with E-state index < -0.39 is 52.7 Å². The third-order valence-corrected chi connectivity index (χ3v) is 6.73. The van der Waals surface area contributed by atoms with Gasteiger partial charge in [-0.2, -0.15) is 13.2 Å². The van der Waals surface area contributed by atoms with Crippen LogP contribution in [0.3, 0.4) is 0 Å². The van der Waals surface area contributed by atoms with E-state index in [1.807, 2.05) is 0 Å². The summed E-state index contributed by atoms with van der Waals surface area (Å²) < 4.78 is 66.6. The molecule has 0 spiro atoms. The van der Waals surface area contributed by atoms with Crippen molar-refractivity contribution in [2.75, 3.05) is 23.4 Å². The summed E-state index contributed by atoms with van der Waals surface area (Å²) in [5.74, 6) is -3.05. The number of amides is 3. The summed E-state index contributed by atoms with van der Waals surface area (Å²) in [5.41, 5.74) is -1.07. The van der Waals surface area contributed by atoms with Crippen molar-refractivity contribution in [1.82, 2.24) is 10.6 Å². The van der Waals surface area contributed by atoms with Gasteiger partial charge in [0.1, 0.15) is 23.2 Å². The lowest BCUT2D eigenvalue weighted by Crippen LogP contribution is -2.60. The van der Waals surface area contributed by atoms with Gasteiger partial charge >= 0.3 is 6.18 Å². The molecule has 41 heavy (non-hydrogen) atoms. The fraction of sp³-hybridized carbons (Fsp3) is 0.276. The lowest BCUT2D eigenvalue weighted by Gasteiger charge is -2.30. The highest BCUT2D eigenvalue weighted by Crippen LogP contribution is 2.35. The molecule has 0 aromatic heterocycles. The second-order valence-electron chi connectivity index (χ2n) is 10.2. The van der Waals surface area contributed by atoms with Crippen LogP contribution in [0.2, 0.25) is 0 Å². The van der Waals surface area contributed by atoms with Crippen LogP contribution < -0.4 is 20.4 Å². The van der Waals surface area contributed by atoms with Crippen LogP contribution in [0.1, 0.15) is 35.3 Å². The van der Waals surface area contributed by atoms with E-state index in [1.165, 1.54) is 62.2 Å². The molecule has 0 unspecified atom stereocenters. The minimum Gasteiger partial charge on any atom is -0.363 e. The van der Waals surface area contributed by atoms with Crippen LogP contribution in [0, 0.1) is 11.6 Å². The Bertz CT molecular complexity index is 1460. The number of anilines is 2. The van der Waals surface area contributed by atoms with Crippen LogP contribution in [0.15, 0.2) is 66.7 Å². The first-order chi connectivity index (χ1) is 19.2. The van der Waals surface area contributed by atoms with Gasteiger partial charge in [0.2, 0.25) is 5.91 Å². The van der Waals surface area contributed by atoms with Gasteiger partial charge in [0.15, 0.2) is 0 Å². The molecule has 216 valence electrons. The van der Waals surface area contributed by atoms with Crippen molar-refractivity contribution in [1.29, 1.82) is 0 Å². The molecule has 3 aromatic rings. The van der Waals surface area contributed by atoms with E-state index in [-0.39, 0.29) is 24.3 Å². The standard InChI is InChI=1S/C29H27F5N4O3/c1-28(2,36-25(39)18-6-10-20(30)11-7-18)27(41)35-22-16-38(15-17-4-8-19(9-5-17)29(32,33)34)23-13-12-21(31)14-24(23)37(3)26(22)40/h4-14,22H,15-16H2,1-3H3,(H,35,41)(H,36,39)/t22-/m1/s1. The van der Waals surface area contributed by atoms with E-state index in [2.05, 4.69) is 10.6 Å². The maximum absolute atomic E-state index is 14.2. The van der Waals surface area contributed by atoms with Crippen LogP contribution in [0.4, 0.5) is 33.3 Å². The van der Waals surface area contributed by atoms with Gasteiger partial charge in [0.05, 0.1) is 16.9 Å². The molecule has 0 fully saturated rings. The van der Waals surface area contributed by atoms with Gasteiger partial charge in [-0.15, -0.1) is 0 Å². The molecular formula is C29H27F5N4O3. The van der Waals surface area contributed by atoms with Crippen molar-refractivity contribution in [3.05, 3.63) is 95.1 Å². The molecule has 3 aromatic carbocycles. The molecule has 0 radical (unpaired) electrons. The molecule has 0 bridgehead atoms. The average molecular weight is 575 g/mol. The second kappa shape index (κ2) is 11.2. The van der Waals surface area contributed by atoms with Crippen LogP contribution in [-0.4, -0.2) is 42.9 Å². The first-order valence-electron chi connectivity index (χ1n) is 12.5. The molecule has 0 saturated carbocycles. The Hall–Kier alpha value is -4.48. The third-order valence-electron chi connectivity index (χ3n) is 6.73. The van der Waals surface area contributed by atoms with Gasteiger partial charge in [0, 0.05) is 25.7 Å². The van der Waals surface area contributed by atoms with Gasteiger partial charge in [-0.3, -0.25) is 14.4 Å². The zero-order chi connectivity index (χ0) is 30.1. The first kappa shape index (κ1) is 29.5. The molecule has 1 heterocycles. The molecule has 12 heteroatoms. The number of likely N-dealkylation sites (N-methyl/N-ethyl adjacent to an activating group) is 1. The molecule has 0 aliphatic carbocycles.